The van der Waals surface area contributed by atoms with Crippen molar-refractivity contribution in [1.82, 2.24) is 0 Å². The Labute approximate surface area is 114 Å². The smallest absolute Gasteiger partial charge is 0.0858 e. The van der Waals surface area contributed by atoms with E-state index in [9.17, 15) is 0 Å². The summed E-state index contributed by atoms with van der Waals surface area (Å²) >= 11 is 0. The third-order valence-corrected chi connectivity index (χ3v) is 2.42. The number of hydrogen-bond acceptors (Lipinski definition) is 3. The van der Waals surface area contributed by atoms with Crippen LogP contribution >= 0.6 is 0 Å². The lowest BCUT2D eigenvalue weighted by Gasteiger charge is -2.21. The van der Waals surface area contributed by atoms with Crippen LogP contribution in [0.25, 0.3) is 0 Å². The topological polar surface area (TPSA) is 36.8 Å². The number of nitrogens with zero attached hydrogens (tertiary/aromatic N) is 2. The Morgan fingerprint density at radius 3 is 1.79 bits per heavy atom. The molecule has 19 heavy (non-hydrogen) atoms. The number of nitrogens with one attached hydrogen (secondary N) is 1. The average Bonchev–Trinajstić information content (AvgIpc) is 2.37. The molecule has 0 aliphatic rings. The van der Waals surface area contributed by atoms with Crippen LogP contribution in [0, 0.1) is 0 Å². The van der Waals surface area contributed by atoms with Crippen molar-refractivity contribution in [3.63, 3.8) is 0 Å². The first-order valence-electron chi connectivity index (χ1n) is 6.38. The van der Waals surface area contributed by atoms with Crippen molar-refractivity contribution in [2.45, 2.75) is 26.3 Å². The molecule has 0 aromatic heterocycles. The summed E-state index contributed by atoms with van der Waals surface area (Å²) in [7, 11) is 0. The highest BCUT2D eigenvalue weighted by atomic mass is 15.1. The predicted molar refractivity (Wildman–Crippen MR) is 80.4 cm³/mol. The van der Waals surface area contributed by atoms with Gasteiger partial charge in [-0.05, 0) is 57.2 Å². The molecule has 0 aliphatic heterocycles. The monoisotopic (exact) mass is 253 g/mol. The molecule has 1 N–H and O–H groups in total. The molecule has 0 amide bonds. The lowest BCUT2D eigenvalue weighted by Crippen LogP contribution is -2.25. The van der Waals surface area contributed by atoms with E-state index < -0.39 is 0 Å². The van der Waals surface area contributed by atoms with Gasteiger partial charge in [-0.15, -0.1) is 0 Å². The fourth-order valence-electron chi connectivity index (χ4n) is 1.65. The second kappa shape index (κ2) is 5.65. The van der Waals surface area contributed by atoms with Crippen LogP contribution in [0.5, 0.6) is 0 Å². The largest absolute Gasteiger partial charge is 0.380 e. The molecule has 0 spiro atoms. The molecule has 0 atom stereocenters. The Kier molecular flexibility index (Phi) is 3.95. The highest BCUT2D eigenvalue weighted by Gasteiger charge is 2.08. The summed E-state index contributed by atoms with van der Waals surface area (Å²) in [4.78, 5) is 0. The van der Waals surface area contributed by atoms with Gasteiger partial charge in [-0.2, -0.15) is 10.2 Å². The van der Waals surface area contributed by atoms with Crippen LogP contribution < -0.4 is 5.32 Å². The Morgan fingerprint density at radius 1 is 0.737 bits per heavy atom. The maximum atomic E-state index is 4.21. The van der Waals surface area contributed by atoms with Gasteiger partial charge in [-0.3, -0.25) is 0 Å². The van der Waals surface area contributed by atoms with Crippen molar-refractivity contribution < 1.29 is 0 Å². The lowest BCUT2D eigenvalue weighted by molar-refractivity contribution is 0.634. The average molecular weight is 253 g/mol. The van der Waals surface area contributed by atoms with Crippen LogP contribution in [0.3, 0.4) is 0 Å². The van der Waals surface area contributed by atoms with Crippen molar-refractivity contribution in [2.75, 3.05) is 5.32 Å². The summed E-state index contributed by atoms with van der Waals surface area (Å²) < 4.78 is 0. The number of anilines is 1. The van der Waals surface area contributed by atoms with Crippen LogP contribution in [0.4, 0.5) is 17.1 Å². The van der Waals surface area contributed by atoms with Crippen molar-refractivity contribution in [1.29, 1.82) is 0 Å². The minimum Gasteiger partial charge on any atom is -0.380 e. The van der Waals surface area contributed by atoms with Gasteiger partial charge in [-0.25, -0.2) is 0 Å². The molecule has 0 bridgehead atoms. The van der Waals surface area contributed by atoms with Crippen molar-refractivity contribution in [3.05, 3.63) is 54.6 Å². The number of benzene rings is 2. The molecule has 0 saturated carbocycles. The minimum atomic E-state index is 0.0626. The van der Waals surface area contributed by atoms with Gasteiger partial charge in [0.1, 0.15) is 0 Å². The standard InChI is InChI=1S/C16H19N3/c1-16(2,3)17-13-9-11-15(12-10-13)19-18-14-7-5-4-6-8-14/h4-12,17H,1-3H3. The van der Waals surface area contributed by atoms with Crippen LogP contribution in [0.2, 0.25) is 0 Å². The molecule has 98 valence electrons. The number of azo groups is 1. The van der Waals surface area contributed by atoms with Gasteiger partial charge >= 0.3 is 0 Å². The quantitative estimate of drug-likeness (QED) is 0.739. The molecule has 2 aromatic carbocycles. The maximum Gasteiger partial charge on any atom is 0.0858 e. The van der Waals surface area contributed by atoms with Gasteiger partial charge in [0.15, 0.2) is 0 Å². The predicted octanol–water partition coefficient (Wildman–Crippen LogP) is 5.31. The molecule has 3 nitrogen and oxygen atoms in total. The molecule has 0 saturated heterocycles. The van der Waals surface area contributed by atoms with E-state index in [2.05, 4.69) is 36.3 Å². The van der Waals surface area contributed by atoms with Crippen molar-refractivity contribution >= 4 is 17.1 Å². The fourth-order valence-corrected chi connectivity index (χ4v) is 1.65. The Hall–Kier alpha value is -2.16. The van der Waals surface area contributed by atoms with Gasteiger partial charge in [0.05, 0.1) is 11.4 Å². The molecule has 0 aliphatic carbocycles. The van der Waals surface area contributed by atoms with Crippen LogP contribution in [0.15, 0.2) is 64.8 Å². The Morgan fingerprint density at radius 2 is 1.26 bits per heavy atom. The molecule has 0 fully saturated rings. The fraction of sp³-hybridized carbons (Fsp3) is 0.250. The molecular formula is C16H19N3. The Bertz CT molecular complexity index is 536. The van der Waals surface area contributed by atoms with Gasteiger partial charge in [0.25, 0.3) is 0 Å². The van der Waals surface area contributed by atoms with E-state index >= 15 is 0 Å². The van der Waals surface area contributed by atoms with E-state index in [-0.39, 0.29) is 5.54 Å². The van der Waals surface area contributed by atoms with Crippen LogP contribution in [-0.4, -0.2) is 5.54 Å². The Balaban J connectivity index is 2.05. The molecular weight excluding hydrogens is 234 g/mol. The molecule has 2 aromatic rings. The second-order valence-corrected chi connectivity index (χ2v) is 5.46. The highest BCUT2D eigenvalue weighted by molar-refractivity contribution is 5.52. The van der Waals surface area contributed by atoms with Crippen LogP contribution in [-0.2, 0) is 0 Å². The maximum absolute atomic E-state index is 4.21. The summed E-state index contributed by atoms with van der Waals surface area (Å²) in [5.41, 5.74) is 2.86. The van der Waals surface area contributed by atoms with Gasteiger partial charge in [0.2, 0.25) is 0 Å². The molecule has 2 rings (SSSR count). The van der Waals surface area contributed by atoms with Gasteiger partial charge in [-0.1, -0.05) is 18.2 Å². The lowest BCUT2D eigenvalue weighted by atomic mass is 10.1. The van der Waals surface area contributed by atoms with E-state index in [0.717, 1.165) is 17.1 Å². The zero-order chi connectivity index (χ0) is 13.7. The molecule has 3 heteroatoms. The molecule has 0 heterocycles. The first kappa shape index (κ1) is 13.3. The SMILES string of the molecule is CC(C)(C)Nc1ccc(N=Nc2ccccc2)cc1. The summed E-state index contributed by atoms with van der Waals surface area (Å²) in [6, 6.07) is 17.7. The first-order valence-corrected chi connectivity index (χ1v) is 6.38. The highest BCUT2D eigenvalue weighted by Crippen LogP contribution is 2.21. The summed E-state index contributed by atoms with van der Waals surface area (Å²) in [6.45, 7) is 6.40. The van der Waals surface area contributed by atoms with Crippen molar-refractivity contribution in [3.8, 4) is 0 Å². The van der Waals surface area contributed by atoms with Gasteiger partial charge < -0.3 is 5.32 Å². The molecule has 0 radical (unpaired) electrons. The van der Waals surface area contributed by atoms with Crippen LogP contribution in [0.1, 0.15) is 20.8 Å². The number of rotatable bonds is 3. The van der Waals surface area contributed by atoms with E-state index in [4.69, 9.17) is 0 Å². The van der Waals surface area contributed by atoms with E-state index in [0.29, 0.717) is 0 Å². The summed E-state index contributed by atoms with van der Waals surface area (Å²) in [6.07, 6.45) is 0. The minimum absolute atomic E-state index is 0.0626. The molecule has 0 unspecified atom stereocenters. The summed E-state index contributed by atoms with van der Waals surface area (Å²) in [5, 5.41) is 11.8. The zero-order valence-electron chi connectivity index (χ0n) is 11.6. The second-order valence-electron chi connectivity index (χ2n) is 5.46. The van der Waals surface area contributed by atoms with E-state index in [1.807, 2.05) is 54.6 Å². The van der Waals surface area contributed by atoms with Crippen molar-refractivity contribution in [2.24, 2.45) is 10.2 Å². The van der Waals surface area contributed by atoms with Gasteiger partial charge in [0, 0.05) is 11.2 Å². The summed E-state index contributed by atoms with van der Waals surface area (Å²) in [5.74, 6) is 0. The van der Waals surface area contributed by atoms with E-state index in [1.165, 1.54) is 0 Å². The third-order valence-electron chi connectivity index (χ3n) is 2.42. The normalized spacial score (nSPS) is 11.7. The van der Waals surface area contributed by atoms with E-state index in [1.54, 1.807) is 0 Å². The number of hydrogen-bond donors (Lipinski definition) is 1. The zero-order valence-corrected chi connectivity index (χ0v) is 11.6. The first-order chi connectivity index (χ1) is 9.03. The third kappa shape index (κ3) is 4.54.